The molecule has 0 radical (unpaired) electrons. The standard InChI is InChI=1S/C29H38N4O3S/c1-32(2)27(24-11-14-30-26-9-8-23(36-3)19-25(24)26)10-7-21-12-15-33(20-22(21)18-29(34)35)16-17-37-28-6-4-5-13-31-28/h4-6,8-9,11,13-14,19,21-22,27H,7,10,12,15-18,20H2,1-3H3,(H,34,35)/t21-,22+,27?/m1/s1. The number of carbonyl (C=O) groups is 1. The van der Waals surface area contributed by atoms with Crippen LogP contribution in [0.4, 0.5) is 0 Å². The minimum absolute atomic E-state index is 0.170. The first-order chi connectivity index (χ1) is 17.9. The van der Waals surface area contributed by atoms with Gasteiger partial charge in [0.25, 0.3) is 0 Å². The molecule has 3 heterocycles. The summed E-state index contributed by atoms with van der Waals surface area (Å²) in [4.78, 5) is 25.4. The van der Waals surface area contributed by atoms with Crippen molar-refractivity contribution in [2.45, 2.75) is 36.8 Å². The Morgan fingerprint density at radius 3 is 2.78 bits per heavy atom. The summed E-state index contributed by atoms with van der Waals surface area (Å²) < 4.78 is 5.48. The van der Waals surface area contributed by atoms with Crippen molar-refractivity contribution >= 4 is 28.6 Å². The number of pyridine rings is 2. The number of thioether (sulfide) groups is 1. The second-order valence-corrected chi connectivity index (χ2v) is 11.2. The molecule has 1 aliphatic rings. The summed E-state index contributed by atoms with van der Waals surface area (Å²) in [6, 6.07) is 14.3. The largest absolute Gasteiger partial charge is 0.497 e. The topological polar surface area (TPSA) is 78.8 Å². The summed E-state index contributed by atoms with van der Waals surface area (Å²) in [5.41, 5.74) is 2.21. The number of methoxy groups -OCH3 is 1. The third-order valence-corrected chi connectivity index (χ3v) is 8.41. The molecule has 0 spiro atoms. The summed E-state index contributed by atoms with van der Waals surface area (Å²) >= 11 is 1.76. The average molecular weight is 523 g/mol. The Morgan fingerprint density at radius 1 is 1.19 bits per heavy atom. The molecule has 1 aliphatic heterocycles. The van der Waals surface area contributed by atoms with Crippen LogP contribution in [0.3, 0.4) is 0 Å². The predicted molar refractivity (Wildman–Crippen MR) is 149 cm³/mol. The molecule has 1 aromatic carbocycles. The van der Waals surface area contributed by atoms with E-state index in [4.69, 9.17) is 4.74 Å². The molecule has 37 heavy (non-hydrogen) atoms. The number of aromatic nitrogens is 2. The third-order valence-electron chi connectivity index (χ3n) is 7.48. The summed E-state index contributed by atoms with van der Waals surface area (Å²) in [7, 11) is 5.92. The van der Waals surface area contributed by atoms with Crippen LogP contribution < -0.4 is 4.74 Å². The van der Waals surface area contributed by atoms with Gasteiger partial charge in [-0.3, -0.25) is 9.78 Å². The molecule has 1 N–H and O–H groups in total. The normalized spacial score (nSPS) is 19.2. The Hall–Kier alpha value is -2.68. The summed E-state index contributed by atoms with van der Waals surface area (Å²) in [5.74, 6) is 1.66. The van der Waals surface area contributed by atoms with E-state index in [-0.39, 0.29) is 18.4 Å². The van der Waals surface area contributed by atoms with Crippen LogP contribution in [0.25, 0.3) is 10.9 Å². The monoisotopic (exact) mass is 522 g/mol. The van der Waals surface area contributed by atoms with Gasteiger partial charge in [-0.1, -0.05) is 6.07 Å². The van der Waals surface area contributed by atoms with Gasteiger partial charge in [-0.05, 0) is 93.7 Å². The molecule has 7 nitrogen and oxygen atoms in total. The van der Waals surface area contributed by atoms with Crippen LogP contribution >= 0.6 is 11.8 Å². The highest BCUT2D eigenvalue weighted by Crippen LogP contribution is 2.36. The van der Waals surface area contributed by atoms with Crippen molar-refractivity contribution in [3.63, 3.8) is 0 Å². The van der Waals surface area contributed by atoms with Crippen LogP contribution in [0.2, 0.25) is 0 Å². The van der Waals surface area contributed by atoms with E-state index < -0.39 is 5.97 Å². The second kappa shape index (κ2) is 13.2. The molecular weight excluding hydrogens is 484 g/mol. The fraction of sp³-hybridized carbons (Fsp3) is 0.483. The first kappa shape index (κ1) is 27.4. The van der Waals surface area contributed by atoms with Crippen molar-refractivity contribution in [3.8, 4) is 5.75 Å². The van der Waals surface area contributed by atoms with Crippen molar-refractivity contribution in [3.05, 3.63) is 60.4 Å². The van der Waals surface area contributed by atoms with E-state index in [1.54, 1.807) is 18.9 Å². The van der Waals surface area contributed by atoms with Crippen molar-refractivity contribution in [2.24, 2.45) is 11.8 Å². The van der Waals surface area contributed by atoms with Crippen LogP contribution in [0.5, 0.6) is 5.75 Å². The number of carboxylic acids is 1. The number of ether oxygens (including phenoxy) is 1. The zero-order valence-electron chi connectivity index (χ0n) is 22.0. The van der Waals surface area contributed by atoms with Gasteiger partial charge in [0.05, 0.1) is 17.7 Å². The molecule has 8 heteroatoms. The van der Waals surface area contributed by atoms with Gasteiger partial charge in [0.15, 0.2) is 0 Å². The number of carboxylic acid groups (broad SMARTS) is 1. The number of aliphatic carboxylic acids is 1. The lowest BCUT2D eigenvalue weighted by molar-refractivity contribution is -0.139. The number of nitrogens with zero attached hydrogens (tertiary/aromatic N) is 4. The number of hydrogen-bond donors (Lipinski definition) is 1. The van der Waals surface area contributed by atoms with Gasteiger partial charge >= 0.3 is 5.97 Å². The second-order valence-electron chi connectivity index (χ2n) is 10.1. The van der Waals surface area contributed by atoms with E-state index in [0.717, 1.165) is 66.3 Å². The molecule has 0 saturated carbocycles. The van der Waals surface area contributed by atoms with Crippen molar-refractivity contribution < 1.29 is 14.6 Å². The van der Waals surface area contributed by atoms with Gasteiger partial charge in [0.2, 0.25) is 0 Å². The van der Waals surface area contributed by atoms with Gasteiger partial charge in [-0.25, -0.2) is 4.98 Å². The summed E-state index contributed by atoms with van der Waals surface area (Å²) in [6.07, 6.45) is 6.96. The van der Waals surface area contributed by atoms with E-state index in [1.807, 2.05) is 42.7 Å². The van der Waals surface area contributed by atoms with Crippen LogP contribution in [0, 0.1) is 11.8 Å². The number of likely N-dealkylation sites (tertiary alicyclic amines) is 1. The number of hydrogen-bond acceptors (Lipinski definition) is 7. The van der Waals surface area contributed by atoms with Crippen molar-refractivity contribution in [1.29, 1.82) is 0 Å². The van der Waals surface area contributed by atoms with E-state index in [1.165, 1.54) is 5.56 Å². The van der Waals surface area contributed by atoms with E-state index in [9.17, 15) is 9.90 Å². The molecule has 1 fully saturated rings. The Morgan fingerprint density at radius 2 is 2.05 bits per heavy atom. The number of benzene rings is 1. The Kier molecular flexibility index (Phi) is 9.77. The van der Waals surface area contributed by atoms with Crippen molar-refractivity contribution in [1.82, 2.24) is 19.8 Å². The maximum atomic E-state index is 11.7. The molecule has 3 aromatic rings. The highest BCUT2D eigenvalue weighted by atomic mass is 32.2. The molecular formula is C29H38N4O3S. The molecule has 2 aromatic heterocycles. The lowest BCUT2D eigenvalue weighted by Gasteiger charge is -2.39. The van der Waals surface area contributed by atoms with Gasteiger partial charge < -0.3 is 19.6 Å². The smallest absolute Gasteiger partial charge is 0.303 e. The molecule has 0 amide bonds. The van der Waals surface area contributed by atoms with Crippen LogP contribution in [-0.4, -0.2) is 77.4 Å². The fourth-order valence-corrected chi connectivity index (χ4v) is 6.40. The van der Waals surface area contributed by atoms with E-state index in [2.05, 4.69) is 46.0 Å². The van der Waals surface area contributed by atoms with E-state index >= 15 is 0 Å². The Labute approximate surface area is 224 Å². The number of fused-ring (bicyclic) bond motifs is 1. The van der Waals surface area contributed by atoms with Gasteiger partial charge in [0, 0.05) is 49.1 Å². The molecule has 198 valence electrons. The zero-order chi connectivity index (χ0) is 26.2. The van der Waals surface area contributed by atoms with Gasteiger partial charge in [-0.2, -0.15) is 0 Å². The van der Waals surface area contributed by atoms with Gasteiger partial charge in [0.1, 0.15) is 5.75 Å². The minimum atomic E-state index is -0.698. The van der Waals surface area contributed by atoms with Crippen LogP contribution in [-0.2, 0) is 4.79 Å². The Bertz CT molecular complexity index is 1160. The average Bonchev–Trinajstić information content (AvgIpc) is 2.89. The maximum absolute atomic E-state index is 11.7. The minimum Gasteiger partial charge on any atom is -0.497 e. The summed E-state index contributed by atoms with van der Waals surface area (Å²) in [5, 5.41) is 11.8. The molecule has 3 atom stereocenters. The van der Waals surface area contributed by atoms with Crippen molar-refractivity contribution in [2.75, 3.05) is 46.6 Å². The Balaban J connectivity index is 1.41. The number of rotatable bonds is 12. The molecule has 1 saturated heterocycles. The third kappa shape index (κ3) is 7.43. The van der Waals surface area contributed by atoms with Crippen LogP contribution in [0.1, 0.15) is 37.3 Å². The number of piperidine rings is 1. The molecule has 1 unspecified atom stereocenters. The maximum Gasteiger partial charge on any atom is 0.303 e. The highest BCUT2D eigenvalue weighted by Gasteiger charge is 2.31. The highest BCUT2D eigenvalue weighted by molar-refractivity contribution is 7.99. The predicted octanol–water partition coefficient (Wildman–Crippen LogP) is 5.23. The molecule has 0 bridgehead atoms. The molecule has 4 rings (SSSR count). The SMILES string of the molecule is COc1ccc2nccc(C(CC[C@@H]3CCN(CCSc4ccccn4)C[C@@H]3CC(=O)O)N(C)C)c2c1. The molecule has 0 aliphatic carbocycles. The lowest BCUT2D eigenvalue weighted by Crippen LogP contribution is -2.42. The summed E-state index contributed by atoms with van der Waals surface area (Å²) in [6.45, 7) is 2.82. The van der Waals surface area contributed by atoms with Gasteiger partial charge in [-0.15, -0.1) is 11.8 Å². The first-order valence-electron chi connectivity index (χ1n) is 13.0. The first-order valence-corrected chi connectivity index (χ1v) is 14.0. The van der Waals surface area contributed by atoms with E-state index in [0.29, 0.717) is 5.92 Å². The quantitative estimate of drug-likeness (QED) is 0.324. The lowest BCUT2D eigenvalue weighted by atomic mass is 9.79. The zero-order valence-corrected chi connectivity index (χ0v) is 22.9. The fourth-order valence-electron chi connectivity index (χ4n) is 5.53. The van der Waals surface area contributed by atoms with Crippen LogP contribution in [0.15, 0.2) is 59.9 Å².